The fraction of sp³-hybridized carbons (Fsp3) is 0.286. The number of amides is 1. The lowest BCUT2D eigenvalue weighted by atomic mass is 10.1. The van der Waals surface area contributed by atoms with Crippen LogP contribution < -0.4 is 14.8 Å². The minimum atomic E-state index is -0.0836. The topological polar surface area (TPSA) is 52.5 Å². The van der Waals surface area contributed by atoms with Crippen molar-refractivity contribution in [3.05, 3.63) is 60.3 Å². The van der Waals surface area contributed by atoms with Gasteiger partial charge in [0, 0.05) is 24.7 Å². The number of ether oxygens (including phenoxy) is 2. The predicted octanol–water partition coefficient (Wildman–Crippen LogP) is 3.68. The summed E-state index contributed by atoms with van der Waals surface area (Å²) in [6.07, 6.45) is 2.47. The molecule has 1 unspecified atom stereocenters. The van der Waals surface area contributed by atoms with E-state index in [-0.39, 0.29) is 11.9 Å². The normalized spacial score (nSPS) is 14.2. The van der Waals surface area contributed by atoms with Crippen LogP contribution in [0.1, 0.15) is 24.9 Å². The number of carbonyl (C=O) groups excluding carboxylic acids is 1. The molecule has 5 heteroatoms. The van der Waals surface area contributed by atoms with Crippen LogP contribution in [0.25, 0.3) is 10.9 Å². The fourth-order valence-corrected chi connectivity index (χ4v) is 3.28. The highest BCUT2D eigenvalue weighted by molar-refractivity contribution is 5.80. The van der Waals surface area contributed by atoms with E-state index in [2.05, 4.69) is 28.1 Å². The zero-order valence-corrected chi connectivity index (χ0v) is 14.8. The van der Waals surface area contributed by atoms with Gasteiger partial charge in [0.1, 0.15) is 13.2 Å². The molecular formula is C21H22N2O3. The summed E-state index contributed by atoms with van der Waals surface area (Å²) in [5.74, 6) is 1.54. The number of aromatic nitrogens is 1. The van der Waals surface area contributed by atoms with Crippen molar-refractivity contribution >= 4 is 16.8 Å². The first kappa shape index (κ1) is 16.5. The number of rotatable bonds is 5. The molecule has 2 aromatic carbocycles. The van der Waals surface area contributed by atoms with Crippen molar-refractivity contribution in [3.63, 3.8) is 0 Å². The first-order valence-electron chi connectivity index (χ1n) is 8.93. The van der Waals surface area contributed by atoms with E-state index < -0.39 is 0 Å². The Bertz CT molecular complexity index is 932. The maximum atomic E-state index is 12.4. The lowest BCUT2D eigenvalue weighted by molar-refractivity contribution is -0.121. The molecule has 0 saturated carbocycles. The largest absolute Gasteiger partial charge is 0.486 e. The molecule has 1 aliphatic heterocycles. The van der Waals surface area contributed by atoms with Gasteiger partial charge in [0.2, 0.25) is 5.91 Å². The van der Waals surface area contributed by atoms with Crippen LogP contribution in [0.15, 0.2) is 54.7 Å². The van der Waals surface area contributed by atoms with Gasteiger partial charge in [-0.15, -0.1) is 0 Å². The lowest BCUT2D eigenvalue weighted by Gasteiger charge is -2.21. The molecule has 1 amide bonds. The summed E-state index contributed by atoms with van der Waals surface area (Å²) in [5, 5.41) is 4.26. The van der Waals surface area contributed by atoms with Crippen molar-refractivity contribution in [2.45, 2.75) is 25.9 Å². The van der Waals surface area contributed by atoms with Crippen LogP contribution >= 0.6 is 0 Å². The molecule has 0 saturated heterocycles. The highest BCUT2D eigenvalue weighted by atomic mass is 16.6. The van der Waals surface area contributed by atoms with E-state index >= 15 is 0 Å². The maximum Gasteiger partial charge on any atom is 0.222 e. The van der Waals surface area contributed by atoms with E-state index in [1.54, 1.807) is 0 Å². The van der Waals surface area contributed by atoms with Gasteiger partial charge in [0.05, 0.1) is 6.04 Å². The van der Waals surface area contributed by atoms with E-state index in [0.717, 1.165) is 22.6 Å². The molecule has 3 aromatic rings. The van der Waals surface area contributed by atoms with E-state index in [0.29, 0.717) is 26.2 Å². The number of nitrogens with zero attached hydrogens (tertiary/aromatic N) is 1. The number of aryl methyl sites for hydroxylation is 1. The van der Waals surface area contributed by atoms with Crippen LogP contribution in [-0.2, 0) is 11.3 Å². The van der Waals surface area contributed by atoms with E-state index in [9.17, 15) is 4.79 Å². The average Bonchev–Trinajstić information content (AvgIpc) is 3.09. The van der Waals surface area contributed by atoms with Crippen LogP contribution in [0.5, 0.6) is 11.5 Å². The van der Waals surface area contributed by atoms with E-state index in [1.807, 2.05) is 43.5 Å². The van der Waals surface area contributed by atoms with E-state index in [1.165, 1.54) is 5.39 Å². The summed E-state index contributed by atoms with van der Waals surface area (Å²) in [7, 11) is 0. The average molecular weight is 350 g/mol. The van der Waals surface area contributed by atoms with Crippen molar-refractivity contribution in [1.82, 2.24) is 9.88 Å². The molecule has 1 aromatic heterocycles. The van der Waals surface area contributed by atoms with Crippen LogP contribution in [0, 0.1) is 0 Å². The third kappa shape index (κ3) is 3.38. The third-order valence-electron chi connectivity index (χ3n) is 4.70. The van der Waals surface area contributed by atoms with Crippen molar-refractivity contribution in [3.8, 4) is 11.5 Å². The van der Waals surface area contributed by atoms with Crippen LogP contribution in [0.2, 0.25) is 0 Å². The Hall–Kier alpha value is -2.95. The molecule has 1 N–H and O–H groups in total. The molecule has 0 aliphatic carbocycles. The van der Waals surface area contributed by atoms with Crippen molar-refractivity contribution in [2.24, 2.45) is 0 Å². The zero-order valence-electron chi connectivity index (χ0n) is 14.8. The standard InChI is InChI=1S/C21H22N2O3/c1-15(17-6-7-19-20(14-17)26-13-12-25-19)22-21(24)9-11-23-10-8-16-4-2-3-5-18(16)23/h2-8,10,14-15H,9,11-13H2,1H3,(H,22,24). The molecule has 0 bridgehead atoms. The molecule has 5 nitrogen and oxygen atoms in total. The summed E-state index contributed by atoms with van der Waals surface area (Å²) in [6.45, 7) is 3.77. The second kappa shape index (κ2) is 7.12. The van der Waals surface area contributed by atoms with Gasteiger partial charge >= 0.3 is 0 Å². The van der Waals surface area contributed by atoms with Gasteiger partial charge in [0.25, 0.3) is 0 Å². The second-order valence-electron chi connectivity index (χ2n) is 6.51. The predicted molar refractivity (Wildman–Crippen MR) is 101 cm³/mol. The Morgan fingerprint density at radius 2 is 1.92 bits per heavy atom. The molecule has 1 atom stereocenters. The highest BCUT2D eigenvalue weighted by Crippen LogP contribution is 2.32. The quantitative estimate of drug-likeness (QED) is 0.764. The monoisotopic (exact) mass is 350 g/mol. The zero-order chi connectivity index (χ0) is 17.9. The summed E-state index contributed by atoms with van der Waals surface area (Å²) < 4.78 is 13.3. The minimum absolute atomic E-state index is 0.0326. The van der Waals surface area contributed by atoms with Gasteiger partial charge in [-0.3, -0.25) is 4.79 Å². The summed E-state index contributed by atoms with van der Waals surface area (Å²) >= 11 is 0. The van der Waals surface area contributed by atoms with Gasteiger partial charge < -0.3 is 19.4 Å². The fourth-order valence-electron chi connectivity index (χ4n) is 3.28. The summed E-state index contributed by atoms with van der Waals surface area (Å²) in [5.41, 5.74) is 2.16. The van der Waals surface area contributed by atoms with Gasteiger partial charge in [0.15, 0.2) is 11.5 Å². The number of fused-ring (bicyclic) bond motifs is 2. The Kier molecular flexibility index (Phi) is 4.52. The molecular weight excluding hydrogens is 328 g/mol. The maximum absolute atomic E-state index is 12.4. The van der Waals surface area contributed by atoms with Crippen molar-refractivity contribution < 1.29 is 14.3 Å². The van der Waals surface area contributed by atoms with Crippen LogP contribution in [0.3, 0.4) is 0 Å². The molecule has 134 valence electrons. The molecule has 4 rings (SSSR count). The molecule has 2 heterocycles. The Balaban J connectivity index is 1.37. The Labute approximate surface area is 152 Å². The summed E-state index contributed by atoms with van der Waals surface area (Å²) in [6, 6.07) is 16.0. The van der Waals surface area contributed by atoms with Gasteiger partial charge in [-0.1, -0.05) is 24.3 Å². The number of benzene rings is 2. The molecule has 26 heavy (non-hydrogen) atoms. The smallest absolute Gasteiger partial charge is 0.222 e. The van der Waals surface area contributed by atoms with Crippen molar-refractivity contribution in [1.29, 1.82) is 0 Å². The number of nitrogens with one attached hydrogen (secondary N) is 1. The van der Waals surface area contributed by atoms with Crippen LogP contribution in [-0.4, -0.2) is 23.7 Å². The Morgan fingerprint density at radius 1 is 1.12 bits per heavy atom. The minimum Gasteiger partial charge on any atom is -0.486 e. The van der Waals surface area contributed by atoms with Crippen molar-refractivity contribution in [2.75, 3.05) is 13.2 Å². The highest BCUT2D eigenvalue weighted by Gasteiger charge is 2.16. The molecule has 1 aliphatic rings. The van der Waals surface area contributed by atoms with E-state index in [4.69, 9.17) is 9.47 Å². The first-order valence-corrected chi connectivity index (χ1v) is 8.93. The second-order valence-corrected chi connectivity index (χ2v) is 6.51. The molecule has 0 fully saturated rings. The molecule has 0 radical (unpaired) electrons. The SMILES string of the molecule is CC(NC(=O)CCn1ccc2ccccc21)c1ccc2c(c1)OCCO2. The molecule has 0 spiro atoms. The Morgan fingerprint density at radius 3 is 2.81 bits per heavy atom. The third-order valence-corrected chi connectivity index (χ3v) is 4.70. The van der Waals surface area contributed by atoms with Gasteiger partial charge in [-0.25, -0.2) is 0 Å². The lowest BCUT2D eigenvalue weighted by Crippen LogP contribution is -2.27. The number of para-hydroxylation sites is 1. The summed E-state index contributed by atoms with van der Waals surface area (Å²) in [4.78, 5) is 12.4. The number of hydrogen-bond donors (Lipinski definition) is 1. The van der Waals surface area contributed by atoms with Gasteiger partial charge in [-0.2, -0.15) is 0 Å². The first-order chi connectivity index (χ1) is 12.7. The van der Waals surface area contributed by atoms with Gasteiger partial charge in [-0.05, 0) is 42.1 Å². The number of carbonyl (C=O) groups is 1. The van der Waals surface area contributed by atoms with Crippen LogP contribution in [0.4, 0.5) is 0 Å². The number of hydrogen-bond acceptors (Lipinski definition) is 3.